The van der Waals surface area contributed by atoms with Gasteiger partial charge in [-0.05, 0) is 47.3 Å². The van der Waals surface area contributed by atoms with Crippen LogP contribution in [0.15, 0.2) is 24.3 Å². The topological polar surface area (TPSA) is 32.8 Å². The quantitative estimate of drug-likeness (QED) is 0.594. The maximum absolute atomic E-state index is 11.9. The first kappa shape index (κ1) is 14.7. The molecule has 0 N–H and O–H groups in total. The van der Waals surface area contributed by atoms with E-state index in [9.17, 15) is 4.79 Å². The van der Waals surface area contributed by atoms with Crippen molar-refractivity contribution in [2.24, 2.45) is 0 Å². The zero-order valence-electron chi connectivity index (χ0n) is 11.3. The first-order valence-corrected chi connectivity index (χ1v) is 7.43. The highest BCUT2D eigenvalue weighted by atomic mass is 127. The van der Waals surface area contributed by atoms with Gasteiger partial charge in [-0.25, -0.2) is 0 Å². The number of methoxy groups -OCH3 is 1. The standard InChI is InChI=1S/C14H19IN2O2/c1-16-7-8-17(13(10-16)14(18)19-2)9-11-3-5-12(15)6-4-11/h3-6,13H,7-10H2,1-2H3/t13-/m1/s1. The minimum Gasteiger partial charge on any atom is -0.468 e. The van der Waals surface area contributed by atoms with Crippen LogP contribution in [0, 0.1) is 3.57 Å². The van der Waals surface area contributed by atoms with E-state index in [2.05, 4.69) is 56.7 Å². The smallest absolute Gasteiger partial charge is 0.324 e. The zero-order chi connectivity index (χ0) is 13.8. The number of benzene rings is 1. The lowest BCUT2D eigenvalue weighted by molar-refractivity contribution is -0.149. The third-order valence-electron chi connectivity index (χ3n) is 3.47. The number of carbonyl (C=O) groups is 1. The third kappa shape index (κ3) is 3.90. The van der Waals surface area contributed by atoms with Crippen LogP contribution in [0.5, 0.6) is 0 Å². The lowest BCUT2D eigenvalue weighted by Crippen LogP contribution is -2.55. The van der Waals surface area contributed by atoms with Gasteiger partial charge in [0, 0.05) is 29.7 Å². The van der Waals surface area contributed by atoms with Crippen molar-refractivity contribution in [1.29, 1.82) is 0 Å². The van der Waals surface area contributed by atoms with E-state index in [1.165, 1.54) is 16.2 Å². The van der Waals surface area contributed by atoms with Crippen LogP contribution in [0.3, 0.4) is 0 Å². The first-order valence-electron chi connectivity index (χ1n) is 6.35. The lowest BCUT2D eigenvalue weighted by atomic mass is 10.1. The molecule has 1 aromatic rings. The second kappa shape index (κ2) is 6.67. The summed E-state index contributed by atoms with van der Waals surface area (Å²) in [7, 11) is 3.50. The maximum Gasteiger partial charge on any atom is 0.324 e. The number of carbonyl (C=O) groups excluding carboxylic acids is 1. The van der Waals surface area contributed by atoms with E-state index < -0.39 is 0 Å². The predicted molar refractivity (Wildman–Crippen MR) is 82.9 cm³/mol. The van der Waals surface area contributed by atoms with Crippen LogP contribution >= 0.6 is 22.6 Å². The summed E-state index contributed by atoms with van der Waals surface area (Å²) in [6.07, 6.45) is 0. The van der Waals surface area contributed by atoms with Crippen molar-refractivity contribution >= 4 is 28.6 Å². The summed E-state index contributed by atoms with van der Waals surface area (Å²) < 4.78 is 6.14. The summed E-state index contributed by atoms with van der Waals surface area (Å²) in [5.74, 6) is -0.142. The van der Waals surface area contributed by atoms with Gasteiger partial charge in [0.25, 0.3) is 0 Å². The molecule has 1 atom stereocenters. The van der Waals surface area contributed by atoms with Crippen LogP contribution in [0.25, 0.3) is 0 Å². The van der Waals surface area contributed by atoms with Gasteiger partial charge in [-0.3, -0.25) is 9.69 Å². The van der Waals surface area contributed by atoms with Crippen LogP contribution in [-0.4, -0.2) is 55.6 Å². The molecule has 104 valence electrons. The molecule has 1 aromatic carbocycles. The fourth-order valence-electron chi connectivity index (χ4n) is 2.33. The highest BCUT2D eigenvalue weighted by molar-refractivity contribution is 14.1. The van der Waals surface area contributed by atoms with Crippen molar-refractivity contribution in [2.75, 3.05) is 33.8 Å². The Hall–Kier alpha value is -0.660. The molecule has 19 heavy (non-hydrogen) atoms. The molecule has 0 aromatic heterocycles. The molecule has 0 amide bonds. The number of ether oxygens (including phenoxy) is 1. The molecule has 0 radical (unpaired) electrons. The molecule has 1 heterocycles. The first-order chi connectivity index (χ1) is 9.10. The van der Waals surface area contributed by atoms with Crippen LogP contribution in [0.1, 0.15) is 5.56 Å². The maximum atomic E-state index is 11.9. The Morgan fingerprint density at radius 3 is 2.68 bits per heavy atom. The Balaban J connectivity index is 2.07. The molecule has 0 saturated carbocycles. The van der Waals surface area contributed by atoms with Crippen molar-refractivity contribution in [3.05, 3.63) is 33.4 Å². The van der Waals surface area contributed by atoms with Gasteiger partial charge < -0.3 is 9.64 Å². The highest BCUT2D eigenvalue weighted by Gasteiger charge is 2.31. The average Bonchev–Trinajstić information content (AvgIpc) is 2.42. The van der Waals surface area contributed by atoms with Crippen molar-refractivity contribution < 1.29 is 9.53 Å². The van der Waals surface area contributed by atoms with Crippen molar-refractivity contribution in [3.63, 3.8) is 0 Å². The van der Waals surface area contributed by atoms with E-state index in [4.69, 9.17) is 4.74 Å². The number of halogens is 1. The van der Waals surface area contributed by atoms with E-state index in [-0.39, 0.29) is 12.0 Å². The van der Waals surface area contributed by atoms with Gasteiger partial charge in [0.05, 0.1) is 7.11 Å². The van der Waals surface area contributed by atoms with Crippen molar-refractivity contribution in [2.45, 2.75) is 12.6 Å². The Kier molecular flexibility index (Phi) is 5.18. The molecular formula is C14H19IN2O2. The van der Waals surface area contributed by atoms with E-state index >= 15 is 0 Å². The van der Waals surface area contributed by atoms with Crippen LogP contribution in [0.2, 0.25) is 0 Å². The highest BCUT2D eigenvalue weighted by Crippen LogP contribution is 2.15. The monoisotopic (exact) mass is 374 g/mol. The van der Waals surface area contributed by atoms with Crippen molar-refractivity contribution in [1.82, 2.24) is 9.80 Å². The summed E-state index contributed by atoms with van der Waals surface area (Å²) in [5.41, 5.74) is 1.24. The zero-order valence-corrected chi connectivity index (χ0v) is 13.5. The molecule has 0 bridgehead atoms. The Bertz CT molecular complexity index is 436. The number of likely N-dealkylation sites (N-methyl/N-ethyl adjacent to an activating group) is 1. The largest absolute Gasteiger partial charge is 0.468 e. The molecular weight excluding hydrogens is 355 g/mol. The molecule has 2 rings (SSSR count). The number of hydrogen-bond donors (Lipinski definition) is 0. The number of hydrogen-bond acceptors (Lipinski definition) is 4. The number of esters is 1. The molecule has 4 nitrogen and oxygen atoms in total. The van der Waals surface area contributed by atoms with Crippen LogP contribution in [0.4, 0.5) is 0 Å². The number of nitrogens with zero attached hydrogens (tertiary/aromatic N) is 2. The summed E-state index contributed by atoms with van der Waals surface area (Å²) in [5, 5.41) is 0. The van der Waals surface area contributed by atoms with Gasteiger partial charge in [0.15, 0.2) is 0 Å². The molecule has 0 aliphatic carbocycles. The molecule has 1 aliphatic heterocycles. The van der Waals surface area contributed by atoms with Crippen molar-refractivity contribution in [3.8, 4) is 0 Å². The summed E-state index contributed by atoms with van der Waals surface area (Å²) in [4.78, 5) is 16.3. The molecule has 5 heteroatoms. The predicted octanol–water partition coefficient (Wildman–Crippen LogP) is 1.58. The van der Waals surface area contributed by atoms with E-state index in [1.54, 1.807) is 0 Å². The number of piperazine rings is 1. The Morgan fingerprint density at radius 2 is 2.05 bits per heavy atom. The summed E-state index contributed by atoms with van der Waals surface area (Å²) in [6, 6.07) is 8.27. The van der Waals surface area contributed by atoms with Gasteiger partial charge in [-0.2, -0.15) is 0 Å². The summed E-state index contributed by atoms with van der Waals surface area (Å²) in [6.45, 7) is 3.40. The summed E-state index contributed by atoms with van der Waals surface area (Å²) >= 11 is 2.30. The molecule has 0 unspecified atom stereocenters. The SMILES string of the molecule is COC(=O)[C@H]1CN(C)CCN1Cc1ccc(I)cc1. The fraction of sp³-hybridized carbons (Fsp3) is 0.500. The minimum absolute atomic E-state index is 0.142. The average molecular weight is 374 g/mol. The second-order valence-electron chi connectivity index (χ2n) is 4.90. The van der Waals surface area contributed by atoms with Gasteiger partial charge >= 0.3 is 5.97 Å². The molecule has 1 fully saturated rings. The van der Waals surface area contributed by atoms with E-state index in [0.717, 1.165) is 26.2 Å². The second-order valence-corrected chi connectivity index (χ2v) is 6.14. The van der Waals surface area contributed by atoms with Crippen LogP contribution < -0.4 is 0 Å². The molecule has 1 aliphatic rings. The lowest BCUT2D eigenvalue weighted by Gasteiger charge is -2.38. The fourth-order valence-corrected chi connectivity index (χ4v) is 2.69. The Morgan fingerprint density at radius 1 is 1.37 bits per heavy atom. The van der Waals surface area contributed by atoms with E-state index in [0.29, 0.717) is 0 Å². The minimum atomic E-state index is -0.164. The number of rotatable bonds is 3. The van der Waals surface area contributed by atoms with Crippen LogP contribution in [-0.2, 0) is 16.1 Å². The van der Waals surface area contributed by atoms with Gasteiger partial charge in [0.1, 0.15) is 6.04 Å². The van der Waals surface area contributed by atoms with Gasteiger partial charge in [0.2, 0.25) is 0 Å². The Labute approximate surface area is 127 Å². The molecule has 0 spiro atoms. The van der Waals surface area contributed by atoms with Gasteiger partial charge in [-0.1, -0.05) is 12.1 Å². The normalized spacial score (nSPS) is 21.3. The van der Waals surface area contributed by atoms with E-state index in [1.807, 2.05) is 7.05 Å². The van der Waals surface area contributed by atoms with Gasteiger partial charge in [-0.15, -0.1) is 0 Å². The molecule has 1 saturated heterocycles. The third-order valence-corrected chi connectivity index (χ3v) is 4.19.